The number of aromatic amines is 1. The van der Waals surface area contributed by atoms with Crippen molar-refractivity contribution in [2.75, 3.05) is 14.1 Å². The molecule has 2 amide bonds. The number of hydrogen-bond donors (Lipinski definition) is 1. The summed E-state index contributed by atoms with van der Waals surface area (Å²) < 4.78 is 13.8. The van der Waals surface area contributed by atoms with Crippen molar-refractivity contribution >= 4 is 40.0 Å². The van der Waals surface area contributed by atoms with Gasteiger partial charge in [-0.05, 0) is 29.3 Å². The molecule has 1 N–H and O–H groups in total. The summed E-state index contributed by atoms with van der Waals surface area (Å²) in [7, 11) is 3.13. The van der Waals surface area contributed by atoms with E-state index in [1.54, 1.807) is 26.2 Å². The van der Waals surface area contributed by atoms with Gasteiger partial charge in [0.05, 0.1) is 21.9 Å². The quantitative estimate of drug-likeness (QED) is 0.468. The molecule has 2 unspecified atom stereocenters. The van der Waals surface area contributed by atoms with Gasteiger partial charge in [-0.2, -0.15) is 0 Å². The average molecular weight is 459 g/mol. The van der Waals surface area contributed by atoms with E-state index >= 15 is 0 Å². The van der Waals surface area contributed by atoms with Crippen LogP contribution in [-0.4, -0.2) is 57.7 Å². The van der Waals surface area contributed by atoms with E-state index in [1.165, 1.54) is 16.0 Å². The van der Waals surface area contributed by atoms with Crippen molar-refractivity contribution in [2.24, 2.45) is 0 Å². The van der Waals surface area contributed by atoms with Crippen LogP contribution >= 0.6 is 11.6 Å². The molecule has 1 saturated heterocycles. The van der Waals surface area contributed by atoms with Crippen molar-refractivity contribution in [2.45, 2.75) is 24.9 Å². The maximum absolute atomic E-state index is 13.8. The molecule has 166 valence electrons. The zero-order chi connectivity index (χ0) is 23.2. The summed E-state index contributed by atoms with van der Waals surface area (Å²) in [5.74, 6) is -1.24. The van der Waals surface area contributed by atoms with Crippen LogP contribution in [0.25, 0.3) is 10.9 Å². The van der Waals surface area contributed by atoms with E-state index < -0.39 is 22.8 Å². The van der Waals surface area contributed by atoms with Crippen LogP contribution in [0.1, 0.15) is 11.1 Å². The highest BCUT2D eigenvalue weighted by molar-refractivity contribution is 6.30. The number of H-pyrrole nitrogens is 1. The summed E-state index contributed by atoms with van der Waals surface area (Å²) in [6.07, 6.45) is 1.92. The van der Waals surface area contributed by atoms with Crippen LogP contribution < -0.4 is 0 Å². The molecule has 2 aromatic carbocycles. The Labute approximate surface area is 187 Å². The number of aromatic nitrogens is 1. The number of carbonyl (C=O) groups is 2. The lowest BCUT2D eigenvalue weighted by Crippen LogP contribution is -2.63. The molecule has 10 heteroatoms. The fraction of sp³-hybridized carbons (Fsp3) is 0.273. The number of nitrogens with zero attached hydrogens (tertiary/aromatic N) is 3. The third-order valence-corrected chi connectivity index (χ3v) is 6.21. The Morgan fingerprint density at radius 1 is 1.06 bits per heavy atom. The smallest absolute Gasteiger partial charge is 0.281 e. The Bertz CT molecular complexity index is 1230. The first-order valence-electron chi connectivity index (χ1n) is 9.89. The maximum atomic E-state index is 13.8. The van der Waals surface area contributed by atoms with Gasteiger partial charge in [-0.25, -0.2) is 4.39 Å². The fourth-order valence-corrected chi connectivity index (χ4v) is 4.32. The molecule has 4 rings (SSSR count). The van der Waals surface area contributed by atoms with Gasteiger partial charge in [0, 0.05) is 38.2 Å². The molecule has 0 radical (unpaired) electrons. The third-order valence-electron chi connectivity index (χ3n) is 5.96. The number of carbonyl (C=O) groups excluding carboxylic acids is 2. The van der Waals surface area contributed by atoms with Crippen molar-refractivity contribution in [3.8, 4) is 0 Å². The summed E-state index contributed by atoms with van der Waals surface area (Å²) in [6.45, 7) is 0. The van der Waals surface area contributed by atoms with Crippen LogP contribution in [0.3, 0.4) is 0 Å². The lowest BCUT2D eigenvalue weighted by atomic mass is 9.95. The number of rotatable bonds is 5. The minimum absolute atomic E-state index is 0.0611. The topological polar surface area (TPSA) is 99.5 Å². The first-order valence-corrected chi connectivity index (χ1v) is 10.3. The first kappa shape index (κ1) is 21.8. The van der Waals surface area contributed by atoms with Crippen molar-refractivity contribution in [1.82, 2.24) is 14.8 Å². The SMILES string of the molecule is CN1C(=O)C(Cc2c[nH]c3cc(F)cc([N+](=O)[O-])c23)N(C)C(=O)C1Cc1ccc(Cl)cc1. The van der Waals surface area contributed by atoms with Gasteiger partial charge in [0.2, 0.25) is 11.8 Å². The molecule has 2 heterocycles. The molecule has 1 aromatic heterocycles. The molecule has 3 aromatic rings. The Balaban J connectivity index is 1.62. The molecule has 0 aliphatic carbocycles. The predicted octanol–water partition coefficient (Wildman–Crippen LogP) is 3.32. The van der Waals surface area contributed by atoms with E-state index in [1.807, 2.05) is 12.1 Å². The van der Waals surface area contributed by atoms with E-state index in [4.69, 9.17) is 11.6 Å². The summed E-state index contributed by atoms with van der Waals surface area (Å²) in [5.41, 5.74) is 1.21. The molecule has 0 saturated carbocycles. The number of piperazine rings is 1. The minimum Gasteiger partial charge on any atom is -0.361 e. The van der Waals surface area contributed by atoms with Crippen molar-refractivity contribution in [3.63, 3.8) is 0 Å². The lowest BCUT2D eigenvalue weighted by molar-refractivity contribution is -0.383. The highest BCUT2D eigenvalue weighted by atomic mass is 35.5. The van der Waals surface area contributed by atoms with Gasteiger partial charge in [-0.3, -0.25) is 19.7 Å². The zero-order valence-electron chi connectivity index (χ0n) is 17.3. The molecule has 0 bridgehead atoms. The third kappa shape index (κ3) is 3.80. The highest BCUT2D eigenvalue weighted by Crippen LogP contribution is 2.32. The first-order chi connectivity index (χ1) is 15.2. The Morgan fingerprint density at radius 2 is 1.66 bits per heavy atom. The predicted molar refractivity (Wildman–Crippen MR) is 117 cm³/mol. The van der Waals surface area contributed by atoms with Gasteiger partial charge < -0.3 is 14.8 Å². The highest BCUT2D eigenvalue weighted by Gasteiger charge is 2.42. The van der Waals surface area contributed by atoms with Gasteiger partial charge in [-0.1, -0.05) is 23.7 Å². The Morgan fingerprint density at radius 3 is 2.25 bits per heavy atom. The number of fused-ring (bicyclic) bond motifs is 1. The van der Waals surface area contributed by atoms with E-state index in [9.17, 15) is 24.1 Å². The number of nitro benzene ring substituents is 1. The van der Waals surface area contributed by atoms with Crippen molar-refractivity contribution in [3.05, 3.63) is 74.7 Å². The number of nitro groups is 1. The van der Waals surface area contributed by atoms with E-state index in [0.29, 0.717) is 17.0 Å². The number of non-ortho nitro benzene ring substituents is 1. The van der Waals surface area contributed by atoms with Gasteiger partial charge in [-0.15, -0.1) is 0 Å². The Kier molecular flexibility index (Phi) is 5.60. The molecule has 1 fully saturated rings. The molecular weight excluding hydrogens is 439 g/mol. The van der Waals surface area contributed by atoms with Gasteiger partial charge in [0.15, 0.2) is 0 Å². The molecule has 0 spiro atoms. The van der Waals surface area contributed by atoms with Crippen LogP contribution in [0, 0.1) is 15.9 Å². The lowest BCUT2D eigenvalue weighted by Gasteiger charge is -2.42. The zero-order valence-corrected chi connectivity index (χ0v) is 18.1. The van der Waals surface area contributed by atoms with Crippen molar-refractivity contribution in [1.29, 1.82) is 0 Å². The van der Waals surface area contributed by atoms with Gasteiger partial charge in [0.1, 0.15) is 17.9 Å². The number of likely N-dealkylation sites (N-methyl/N-ethyl adjacent to an activating group) is 2. The van der Waals surface area contributed by atoms with Crippen LogP contribution in [0.2, 0.25) is 5.02 Å². The minimum atomic E-state index is -0.836. The number of halogens is 2. The summed E-state index contributed by atoms with van der Waals surface area (Å²) in [6, 6.07) is 7.59. The van der Waals surface area contributed by atoms with Gasteiger partial charge >= 0.3 is 0 Å². The number of nitrogens with one attached hydrogen (secondary N) is 1. The van der Waals surface area contributed by atoms with Crippen molar-refractivity contribution < 1.29 is 18.9 Å². The number of benzene rings is 2. The normalized spacial score (nSPS) is 19.1. The van der Waals surface area contributed by atoms with E-state index in [-0.39, 0.29) is 34.8 Å². The molecular formula is C22H20ClFN4O4. The average Bonchev–Trinajstić information content (AvgIpc) is 3.15. The maximum Gasteiger partial charge on any atom is 0.281 e. The van der Waals surface area contributed by atoms with Crippen LogP contribution in [-0.2, 0) is 22.4 Å². The standard InChI is InChI=1S/C22H20ClFN4O4/c1-26-18(7-12-3-5-14(23)6-4-12)21(29)27(2)19(22(26)30)8-13-11-25-16-9-15(24)10-17(20(13)16)28(31)32/h3-6,9-11,18-19,25H,7-8H2,1-2H3. The summed E-state index contributed by atoms with van der Waals surface area (Å²) in [4.78, 5) is 42.7. The molecule has 32 heavy (non-hydrogen) atoms. The number of amides is 2. The van der Waals surface area contributed by atoms with Crippen LogP contribution in [0.4, 0.5) is 10.1 Å². The van der Waals surface area contributed by atoms with E-state index in [2.05, 4.69) is 4.98 Å². The summed E-state index contributed by atoms with van der Waals surface area (Å²) >= 11 is 5.92. The molecule has 1 aliphatic rings. The second-order valence-corrected chi connectivity index (χ2v) is 8.32. The van der Waals surface area contributed by atoms with Crippen LogP contribution in [0.5, 0.6) is 0 Å². The molecule has 8 nitrogen and oxygen atoms in total. The second kappa shape index (κ2) is 8.23. The monoisotopic (exact) mass is 458 g/mol. The Hall–Kier alpha value is -3.46. The number of hydrogen-bond acceptors (Lipinski definition) is 4. The summed E-state index contributed by atoms with van der Waals surface area (Å²) in [5, 5.41) is 12.3. The van der Waals surface area contributed by atoms with Gasteiger partial charge in [0.25, 0.3) is 5.69 Å². The second-order valence-electron chi connectivity index (χ2n) is 7.88. The van der Waals surface area contributed by atoms with Crippen LogP contribution in [0.15, 0.2) is 42.6 Å². The molecule has 1 aliphatic heterocycles. The molecule has 2 atom stereocenters. The van der Waals surface area contributed by atoms with E-state index in [0.717, 1.165) is 17.7 Å². The largest absolute Gasteiger partial charge is 0.361 e. The fourth-order valence-electron chi connectivity index (χ4n) is 4.19.